The highest BCUT2D eigenvalue weighted by molar-refractivity contribution is 5.94. The van der Waals surface area contributed by atoms with E-state index in [9.17, 15) is 4.79 Å². The molecule has 1 aliphatic rings. The number of nitrogens with zero attached hydrogens (tertiary/aromatic N) is 2. The van der Waals surface area contributed by atoms with E-state index in [4.69, 9.17) is 10.5 Å². The summed E-state index contributed by atoms with van der Waals surface area (Å²) in [6, 6.07) is 3.59. The molecule has 5 heteroatoms. The van der Waals surface area contributed by atoms with E-state index in [0.29, 0.717) is 17.2 Å². The van der Waals surface area contributed by atoms with Gasteiger partial charge in [-0.1, -0.05) is 11.8 Å². The van der Waals surface area contributed by atoms with Crippen LogP contribution in [0.3, 0.4) is 0 Å². The molecule has 5 nitrogen and oxygen atoms in total. The number of hydrogen-bond acceptors (Lipinski definition) is 4. The van der Waals surface area contributed by atoms with E-state index in [-0.39, 0.29) is 12.5 Å². The lowest BCUT2D eigenvalue weighted by Gasteiger charge is -2.31. The van der Waals surface area contributed by atoms with Crippen molar-refractivity contribution < 1.29 is 9.53 Å². The molecule has 0 unspecified atom stereocenters. The van der Waals surface area contributed by atoms with Gasteiger partial charge in [0, 0.05) is 33.0 Å². The summed E-state index contributed by atoms with van der Waals surface area (Å²) in [6.45, 7) is 2.52. The molecule has 2 heterocycles. The molecule has 2 rings (SSSR count). The van der Waals surface area contributed by atoms with Crippen LogP contribution in [0.25, 0.3) is 0 Å². The first-order chi connectivity index (χ1) is 10.3. The van der Waals surface area contributed by atoms with Gasteiger partial charge in [0.05, 0.1) is 12.1 Å². The van der Waals surface area contributed by atoms with E-state index >= 15 is 0 Å². The Bertz CT molecular complexity index is 540. The number of hydrogen-bond donors (Lipinski definition) is 1. The number of nitrogens with two attached hydrogens (primary N) is 1. The standard InChI is InChI=1S/C16H21N3O2/c1-21-12-13-6-10-19(11-7-13)16(20)15-14(4-2-8-17)5-3-9-18-15/h3,5,9,13H,6-8,10-12,17H2,1H3. The Morgan fingerprint density at radius 3 is 2.95 bits per heavy atom. The SMILES string of the molecule is COCC1CCN(C(=O)c2ncccc2C#CCN)CC1. The fourth-order valence-corrected chi connectivity index (χ4v) is 2.51. The highest BCUT2D eigenvalue weighted by atomic mass is 16.5. The zero-order chi connectivity index (χ0) is 15.1. The Morgan fingerprint density at radius 1 is 1.52 bits per heavy atom. The third-order valence-electron chi connectivity index (χ3n) is 3.64. The van der Waals surface area contributed by atoms with Crippen LogP contribution in [0.4, 0.5) is 0 Å². The summed E-state index contributed by atoms with van der Waals surface area (Å²) in [4.78, 5) is 18.6. The maximum atomic E-state index is 12.6. The Hall–Kier alpha value is -1.90. The van der Waals surface area contributed by atoms with E-state index < -0.39 is 0 Å². The second-order valence-electron chi connectivity index (χ2n) is 5.10. The molecule has 0 spiro atoms. The number of carbonyl (C=O) groups excluding carboxylic acids is 1. The van der Waals surface area contributed by atoms with E-state index in [1.807, 2.05) is 4.90 Å². The Kier molecular flexibility index (Phi) is 5.73. The van der Waals surface area contributed by atoms with Gasteiger partial charge in [-0.05, 0) is 30.9 Å². The van der Waals surface area contributed by atoms with Crippen molar-refractivity contribution in [2.24, 2.45) is 11.7 Å². The summed E-state index contributed by atoms with van der Waals surface area (Å²) in [5, 5.41) is 0. The van der Waals surface area contributed by atoms with Crippen LogP contribution in [-0.4, -0.2) is 49.1 Å². The molecule has 0 aliphatic carbocycles. The van der Waals surface area contributed by atoms with Gasteiger partial charge in [0.1, 0.15) is 5.69 Å². The maximum Gasteiger partial charge on any atom is 0.273 e. The summed E-state index contributed by atoms with van der Waals surface area (Å²) < 4.78 is 5.18. The number of amides is 1. The molecule has 0 bridgehead atoms. The number of carbonyl (C=O) groups is 1. The largest absolute Gasteiger partial charge is 0.384 e. The molecule has 112 valence electrons. The second kappa shape index (κ2) is 7.77. The van der Waals surface area contributed by atoms with Crippen LogP contribution in [0.2, 0.25) is 0 Å². The predicted molar refractivity (Wildman–Crippen MR) is 80.7 cm³/mol. The monoisotopic (exact) mass is 287 g/mol. The molecule has 1 aliphatic heterocycles. The molecule has 1 aromatic rings. The van der Waals surface area contributed by atoms with Gasteiger partial charge >= 0.3 is 0 Å². The fraction of sp³-hybridized carbons (Fsp3) is 0.500. The van der Waals surface area contributed by atoms with Gasteiger partial charge in [0.15, 0.2) is 0 Å². The molecular formula is C16H21N3O2. The van der Waals surface area contributed by atoms with E-state index in [2.05, 4.69) is 16.8 Å². The number of rotatable bonds is 3. The number of aromatic nitrogens is 1. The fourth-order valence-electron chi connectivity index (χ4n) is 2.51. The molecule has 0 atom stereocenters. The van der Waals surface area contributed by atoms with E-state index in [1.54, 1.807) is 25.4 Å². The van der Waals surface area contributed by atoms with Crippen LogP contribution in [0.1, 0.15) is 28.9 Å². The lowest BCUT2D eigenvalue weighted by Crippen LogP contribution is -2.40. The van der Waals surface area contributed by atoms with Crippen LogP contribution >= 0.6 is 0 Å². The molecule has 1 fully saturated rings. The zero-order valence-electron chi connectivity index (χ0n) is 12.3. The summed E-state index contributed by atoms with van der Waals surface area (Å²) >= 11 is 0. The molecule has 1 amide bonds. The minimum atomic E-state index is -0.0483. The second-order valence-corrected chi connectivity index (χ2v) is 5.10. The average molecular weight is 287 g/mol. The van der Waals surface area contributed by atoms with Crippen molar-refractivity contribution in [3.63, 3.8) is 0 Å². The summed E-state index contributed by atoms with van der Waals surface area (Å²) in [6.07, 6.45) is 3.56. The van der Waals surface area contributed by atoms with Crippen LogP contribution < -0.4 is 5.73 Å². The summed E-state index contributed by atoms with van der Waals surface area (Å²) in [7, 11) is 1.72. The molecular weight excluding hydrogens is 266 g/mol. The molecule has 2 N–H and O–H groups in total. The molecule has 0 saturated carbocycles. The van der Waals surface area contributed by atoms with Crippen LogP contribution in [0.5, 0.6) is 0 Å². The normalized spacial score (nSPS) is 15.4. The van der Waals surface area contributed by atoms with Crippen LogP contribution in [-0.2, 0) is 4.74 Å². The number of piperidine rings is 1. The van der Waals surface area contributed by atoms with Crippen molar-refractivity contribution in [3.05, 3.63) is 29.6 Å². The van der Waals surface area contributed by atoms with Gasteiger partial charge in [-0.15, -0.1) is 0 Å². The van der Waals surface area contributed by atoms with Gasteiger partial charge in [-0.3, -0.25) is 4.79 Å². The van der Waals surface area contributed by atoms with Crippen molar-refractivity contribution in [3.8, 4) is 11.8 Å². The molecule has 0 aromatic carbocycles. The van der Waals surface area contributed by atoms with Crippen molar-refractivity contribution in [1.29, 1.82) is 0 Å². The Balaban J connectivity index is 2.07. The lowest BCUT2D eigenvalue weighted by atomic mass is 9.97. The maximum absolute atomic E-state index is 12.6. The van der Waals surface area contributed by atoms with Gasteiger partial charge < -0.3 is 15.4 Å². The molecule has 0 radical (unpaired) electrons. The number of pyridine rings is 1. The van der Waals surface area contributed by atoms with Gasteiger partial charge in [-0.25, -0.2) is 4.98 Å². The first-order valence-electron chi connectivity index (χ1n) is 7.18. The lowest BCUT2D eigenvalue weighted by molar-refractivity contribution is 0.0608. The van der Waals surface area contributed by atoms with Crippen molar-refractivity contribution in [2.75, 3.05) is 33.4 Å². The quantitative estimate of drug-likeness (QED) is 0.838. The van der Waals surface area contributed by atoms with Crippen LogP contribution in [0, 0.1) is 17.8 Å². The summed E-state index contributed by atoms with van der Waals surface area (Å²) in [5.41, 5.74) is 6.45. The van der Waals surface area contributed by atoms with Crippen molar-refractivity contribution in [2.45, 2.75) is 12.8 Å². The number of methoxy groups -OCH3 is 1. The molecule has 1 aromatic heterocycles. The number of likely N-dealkylation sites (tertiary alicyclic amines) is 1. The third kappa shape index (κ3) is 4.03. The molecule has 1 saturated heterocycles. The van der Waals surface area contributed by atoms with Gasteiger partial charge in [0.2, 0.25) is 0 Å². The highest BCUT2D eigenvalue weighted by Crippen LogP contribution is 2.19. The van der Waals surface area contributed by atoms with Gasteiger partial charge in [0.25, 0.3) is 5.91 Å². The third-order valence-corrected chi connectivity index (χ3v) is 3.64. The topological polar surface area (TPSA) is 68.5 Å². The van der Waals surface area contributed by atoms with Crippen molar-refractivity contribution in [1.82, 2.24) is 9.88 Å². The van der Waals surface area contributed by atoms with Crippen molar-refractivity contribution >= 4 is 5.91 Å². The molecule has 21 heavy (non-hydrogen) atoms. The number of ether oxygens (including phenoxy) is 1. The van der Waals surface area contributed by atoms with E-state index in [1.165, 1.54) is 0 Å². The Labute approximate surface area is 125 Å². The summed E-state index contributed by atoms with van der Waals surface area (Å²) in [5.74, 6) is 6.19. The predicted octanol–water partition coefficient (Wildman–Crippen LogP) is 0.890. The van der Waals surface area contributed by atoms with E-state index in [0.717, 1.165) is 32.5 Å². The van der Waals surface area contributed by atoms with Crippen LogP contribution in [0.15, 0.2) is 18.3 Å². The first-order valence-corrected chi connectivity index (χ1v) is 7.18. The zero-order valence-corrected chi connectivity index (χ0v) is 12.3. The average Bonchev–Trinajstić information content (AvgIpc) is 2.53. The first kappa shape index (κ1) is 15.5. The minimum absolute atomic E-state index is 0.0483. The van der Waals surface area contributed by atoms with Gasteiger partial charge in [-0.2, -0.15) is 0 Å². The smallest absolute Gasteiger partial charge is 0.273 e. The minimum Gasteiger partial charge on any atom is -0.384 e. The Morgan fingerprint density at radius 2 is 2.29 bits per heavy atom. The highest BCUT2D eigenvalue weighted by Gasteiger charge is 2.25.